The standard InChI is InChI=1S/C23H23ClN2O3/c1-26(15-16-3-4-19-14-21(29-2)10-7-18(19)13-16)22(27)11-12-25-23(28)17-5-8-20(24)9-6-17/h3-10,13-14H,11-12,15H2,1-2H3,(H,25,28). The molecule has 0 aromatic heterocycles. The van der Waals surface area contributed by atoms with E-state index in [-0.39, 0.29) is 24.8 Å². The van der Waals surface area contributed by atoms with Crippen LogP contribution in [-0.4, -0.2) is 37.4 Å². The van der Waals surface area contributed by atoms with Crippen LogP contribution in [-0.2, 0) is 11.3 Å². The lowest BCUT2D eigenvalue weighted by atomic mass is 10.1. The van der Waals surface area contributed by atoms with Gasteiger partial charge in [-0.25, -0.2) is 0 Å². The minimum Gasteiger partial charge on any atom is -0.497 e. The summed E-state index contributed by atoms with van der Waals surface area (Å²) in [6, 6.07) is 18.6. The molecule has 0 aliphatic carbocycles. The summed E-state index contributed by atoms with van der Waals surface area (Å²) in [6.07, 6.45) is 0.237. The number of amides is 2. The lowest BCUT2D eigenvalue weighted by Gasteiger charge is -2.18. The zero-order valence-corrected chi connectivity index (χ0v) is 17.2. The van der Waals surface area contributed by atoms with Gasteiger partial charge in [0.2, 0.25) is 5.91 Å². The summed E-state index contributed by atoms with van der Waals surface area (Å²) in [5.74, 6) is 0.566. The number of hydrogen-bond donors (Lipinski definition) is 1. The number of hydrogen-bond acceptors (Lipinski definition) is 3. The largest absolute Gasteiger partial charge is 0.497 e. The summed E-state index contributed by atoms with van der Waals surface area (Å²) in [5, 5.41) is 5.52. The molecule has 1 N–H and O–H groups in total. The molecule has 0 unspecified atom stereocenters. The summed E-state index contributed by atoms with van der Waals surface area (Å²) in [5.41, 5.74) is 1.56. The zero-order valence-electron chi connectivity index (χ0n) is 16.4. The van der Waals surface area contributed by atoms with E-state index >= 15 is 0 Å². The molecule has 0 aliphatic rings. The second-order valence-corrected chi connectivity index (χ2v) is 7.25. The molecule has 2 amide bonds. The van der Waals surface area contributed by atoms with E-state index in [4.69, 9.17) is 16.3 Å². The molecule has 0 atom stereocenters. The highest BCUT2D eigenvalue weighted by Gasteiger charge is 2.11. The monoisotopic (exact) mass is 410 g/mol. The Morgan fingerprint density at radius 3 is 2.41 bits per heavy atom. The van der Waals surface area contributed by atoms with Crippen LogP contribution in [0.2, 0.25) is 5.02 Å². The fraction of sp³-hybridized carbons (Fsp3) is 0.217. The molecule has 0 heterocycles. The fourth-order valence-electron chi connectivity index (χ4n) is 3.04. The first-order chi connectivity index (χ1) is 14.0. The smallest absolute Gasteiger partial charge is 0.251 e. The van der Waals surface area contributed by atoms with Crippen LogP contribution in [0.5, 0.6) is 5.75 Å². The molecule has 3 rings (SSSR count). The Morgan fingerprint density at radius 1 is 1.00 bits per heavy atom. The normalized spacial score (nSPS) is 10.6. The number of carbonyl (C=O) groups excluding carboxylic acids is 2. The van der Waals surface area contributed by atoms with Crippen LogP contribution < -0.4 is 10.1 Å². The average molecular weight is 411 g/mol. The van der Waals surface area contributed by atoms with E-state index in [2.05, 4.69) is 11.4 Å². The molecular formula is C23H23ClN2O3. The first-order valence-corrected chi connectivity index (χ1v) is 9.68. The van der Waals surface area contributed by atoms with Crippen molar-refractivity contribution in [3.63, 3.8) is 0 Å². The Balaban J connectivity index is 1.51. The van der Waals surface area contributed by atoms with Crippen molar-refractivity contribution in [1.29, 1.82) is 0 Å². The molecule has 0 saturated heterocycles. The highest BCUT2D eigenvalue weighted by atomic mass is 35.5. The highest BCUT2D eigenvalue weighted by molar-refractivity contribution is 6.30. The third kappa shape index (κ3) is 5.48. The predicted octanol–water partition coefficient (Wildman–Crippen LogP) is 4.28. The molecule has 0 saturated carbocycles. The van der Waals surface area contributed by atoms with E-state index < -0.39 is 0 Å². The zero-order chi connectivity index (χ0) is 20.8. The number of carbonyl (C=O) groups is 2. The van der Waals surface area contributed by atoms with Crippen LogP contribution in [0.25, 0.3) is 10.8 Å². The van der Waals surface area contributed by atoms with Gasteiger partial charge in [-0.2, -0.15) is 0 Å². The van der Waals surface area contributed by atoms with Crippen molar-refractivity contribution in [2.45, 2.75) is 13.0 Å². The third-order valence-corrected chi connectivity index (χ3v) is 4.94. The van der Waals surface area contributed by atoms with Crippen LogP contribution in [0.3, 0.4) is 0 Å². The Hall–Kier alpha value is -3.05. The number of methoxy groups -OCH3 is 1. The Bertz CT molecular complexity index is 1020. The maximum absolute atomic E-state index is 12.4. The SMILES string of the molecule is COc1ccc2cc(CN(C)C(=O)CCNC(=O)c3ccc(Cl)cc3)ccc2c1. The minimum atomic E-state index is -0.220. The average Bonchev–Trinajstić information content (AvgIpc) is 2.73. The predicted molar refractivity (Wildman–Crippen MR) is 115 cm³/mol. The van der Waals surface area contributed by atoms with Crippen molar-refractivity contribution in [3.05, 3.63) is 76.8 Å². The van der Waals surface area contributed by atoms with Gasteiger partial charge in [0.05, 0.1) is 7.11 Å². The summed E-state index contributed by atoms with van der Waals surface area (Å²) in [7, 11) is 3.41. The van der Waals surface area contributed by atoms with E-state index in [1.54, 1.807) is 43.3 Å². The first kappa shape index (κ1) is 20.7. The molecule has 29 heavy (non-hydrogen) atoms. The van der Waals surface area contributed by atoms with Crippen LogP contribution in [0, 0.1) is 0 Å². The molecule has 0 aliphatic heterocycles. The van der Waals surface area contributed by atoms with Crippen LogP contribution in [0.4, 0.5) is 0 Å². The molecule has 0 radical (unpaired) electrons. The lowest BCUT2D eigenvalue weighted by molar-refractivity contribution is -0.130. The van der Waals surface area contributed by atoms with Gasteiger partial charge in [-0.3, -0.25) is 9.59 Å². The first-order valence-electron chi connectivity index (χ1n) is 9.30. The van der Waals surface area contributed by atoms with Crippen molar-refractivity contribution >= 4 is 34.2 Å². The summed E-state index contributed by atoms with van der Waals surface area (Å²) < 4.78 is 5.25. The van der Waals surface area contributed by atoms with Crippen LogP contribution >= 0.6 is 11.6 Å². The topological polar surface area (TPSA) is 58.6 Å². The maximum Gasteiger partial charge on any atom is 0.251 e. The third-order valence-electron chi connectivity index (χ3n) is 4.69. The Kier molecular flexibility index (Phi) is 6.73. The number of benzene rings is 3. The summed E-state index contributed by atoms with van der Waals surface area (Å²) >= 11 is 5.82. The van der Waals surface area contributed by atoms with Crippen molar-refractivity contribution in [2.24, 2.45) is 0 Å². The Morgan fingerprint density at radius 2 is 1.69 bits per heavy atom. The van der Waals surface area contributed by atoms with Crippen molar-refractivity contribution in [3.8, 4) is 5.75 Å². The maximum atomic E-state index is 12.4. The van der Waals surface area contributed by atoms with Gasteiger partial charge in [-0.05, 0) is 58.8 Å². The highest BCUT2D eigenvalue weighted by Crippen LogP contribution is 2.22. The van der Waals surface area contributed by atoms with Gasteiger partial charge in [0.1, 0.15) is 5.75 Å². The van der Waals surface area contributed by atoms with Gasteiger partial charge in [0.25, 0.3) is 5.91 Å². The van der Waals surface area contributed by atoms with Crippen molar-refractivity contribution in [1.82, 2.24) is 10.2 Å². The summed E-state index contributed by atoms with van der Waals surface area (Å²) in [6.45, 7) is 0.786. The number of ether oxygens (including phenoxy) is 1. The molecule has 150 valence electrons. The molecular weight excluding hydrogens is 388 g/mol. The quantitative estimate of drug-likeness (QED) is 0.632. The van der Waals surface area contributed by atoms with Gasteiger partial charge in [-0.1, -0.05) is 29.8 Å². The van der Waals surface area contributed by atoms with Crippen LogP contribution in [0.15, 0.2) is 60.7 Å². The van der Waals surface area contributed by atoms with E-state index in [1.165, 1.54) is 0 Å². The van der Waals surface area contributed by atoms with Crippen LogP contribution in [0.1, 0.15) is 22.3 Å². The van der Waals surface area contributed by atoms with Crippen molar-refractivity contribution in [2.75, 3.05) is 20.7 Å². The fourth-order valence-corrected chi connectivity index (χ4v) is 3.16. The minimum absolute atomic E-state index is 0.0313. The van der Waals surface area contributed by atoms with E-state index in [1.807, 2.05) is 30.3 Å². The number of halogens is 1. The number of rotatable bonds is 7. The second-order valence-electron chi connectivity index (χ2n) is 6.81. The molecule has 3 aromatic rings. The molecule has 0 bridgehead atoms. The van der Waals surface area contributed by atoms with Gasteiger partial charge in [0, 0.05) is 37.1 Å². The van der Waals surface area contributed by atoms with E-state index in [0.29, 0.717) is 17.1 Å². The lowest BCUT2D eigenvalue weighted by Crippen LogP contribution is -2.31. The Labute approximate surface area is 175 Å². The molecule has 3 aromatic carbocycles. The second kappa shape index (κ2) is 9.43. The van der Waals surface area contributed by atoms with Crippen molar-refractivity contribution < 1.29 is 14.3 Å². The van der Waals surface area contributed by atoms with E-state index in [9.17, 15) is 9.59 Å². The molecule has 5 nitrogen and oxygen atoms in total. The summed E-state index contributed by atoms with van der Waals surface area (Å²) in [4.78, 5) is 26.1. The number of nitrogens with one attached hydrogen (secondary N) is 1. The van der Waals surface area contributed by atoms with Gasteiger partial charge in [0.15, 0.2) is 0 Å². The number of fused-ring (bicyclic) bond motifs is 1. The molecule has 0 spiro atoms. The van der Waals surface area contributed by atoms with Gasteiger partial charge in [-0.15, -0.1) is 0 Å². The molecule has 0 fully saturated rings. The number of nitrogens with zero attached hydrogens (tertiary/aromatic N) is 1. The van der Waals surface area contributed by atoms with E-state index in [0.717, 1.165) is 22.1 Å². The molecule has 6 heteroatoms. The van der Waals surface area contributed by atoms with Gasteiger partial charge < -0.3 is 15.0 Å². The van der Waals surface area contributed by atoms with Gasteiger partial charge >= 0.3 is 0 Å².